The van der Waals surface area contributed by atoms with Gasteiger partial charge >= 0.3 is 5.97 Å². The third-order valence-corrected chi connectivity index (χ3v) is 3.47. The van der Waals surface area contributed by atoms with Crippen LogP contribution in [0.15, 0.2) is 29.8 Å². The highest BCUT2D eigenvalue weighted by Crippen LogP contribution is 2.17. The summed E-state index contributed by atoms with van der Waals surface area (Å²) >= 11 is 1.61. The van der Waals surface area contributed by atoms with Crippen LogP contribution in [0.2, 0.25) is 0 Å². The zero-order chi connectivity index (χ0) is 13.0. The molecule has 0 unspecified atom stereocenters. The highest BCUT2D eigenvalue weighted by atomic mass is 32.1. The van der Waals surface area contributed by atoms with Gasteiger partial charge in [0.1, 0.15) is 0 Å². The van der Waals surface area contributed by atoms with Crippen molar-refractivity contribution in [2.75, 3.05) is 12.8 Å². The molecule has 2 N–H and O–H groups in total. The van der Waals surface area contributed by atoms with Crippen LogP contribution < -0.4 is 5.73 Å². The fourth-order valence-corrected chi connectivity index (χ4v) is 2.35. The number of esters is 1. The van der Waals surface area contributed by atoms with E-state index in [1.54, 1.807) is 29.7 Å². The molecule has 0 aliphatic heterocycles. The SMILES string of the molecule is COC(=O)c1cc(N)ccc1CCc1nccs1. The van der Waals surface area contributed by atoms with Gasteiger partial charge in [0, 0.05) is 23.7 Å². The molecule has 0 fully saturated rings. The predicted molar refractivity (Wildman–Crippen MR) is 71.7 cm³/mol. The van der Waals surface area contributed by atoms with Crippen molar-refractivity contribution in [2.45, 2.75) is 12.8 Å². The first-order valence-corrected chi connectivity index (χ1v) is 6.43. The molecule has 0 amide bonds. The summed E-state index contributed by atoms with van der Waals surface area (Å²) < 4.78 is 4.76. The van der Waals surface area contributed by atoms with Gasteiger partial charge in [0.25, 0.3) is 0 Å². The number of hydrogen-bond acceptors (Lipinski definition) is 5. The van der Waals surface area contributed by atoms with Gasteiger partial charge in [-0.15, -0.1) is 11.3 Å². The van der Waals surface area contributed by atoms with E-state index in [1.807, 2.05) is 11.4 Å². The van der Waals surface area contributed by atoms with Gasteiger partial charge in [0.15, 0.2) is 0 Å². The van der Waals surface area contributed by atoms with Crippen LogP contribution in [0.1, 0.15) is 20.9 Å². The standard InChI is InChI=1S/C13H14N2O2S/c1-17-13(16)11-8-10(14)4-2-9(11)3-5-12-15-6-7-18-12/h2,4,6-8H,3,5,14H2,1H3. The van der Waals surface area contributed by atoms with Crippen LogP contribution in [-0.2, 0) is 17.6 Å². The second kappa shape index (κ2) is 5.64. The number of methoxy groups -OCH3 is 1. The number of hydrogen-bond donors (Lipinski definition) is 1. The van der Waals surface area contributed by atoms with E-state index in [1.165, 1.54) is 7.11 Å². The molecule has 0 aliphatic rings. The number of nitrogens with zero attached hydrogens (tertiary/aromatic N) is 1. The van der Waals surface area contributed by atoms with Crippen molar-refractivity contribution in [3.8, 4) is 0 Å². The molecule has 1 aromatic carbocycles. The number of ether oxygens (including phenoxy) is 1. The van der Waals surface area contributed by atoms with Crippen molar-refractivity contribution < 1.29 is 9.53 Å². The average Bonchev–Trinajstić information content (AvgIpc) is 2.89. The van der Waals surface area contributed by atoms with Crippen molar-refractivity contribution in [2.24, 2.45) is 0 Å². The Morgan fingerprint density at radius 2 is 2.28 bits per heavy atom. The minimum Gasteiger partial charge on any atom is -0.465 e. The minimum atomic E-state index is -0.351. The number of benzene rings is 1. The van der Waals surface area contributed by atoms with Crippen molar-refractivity contribution in [3.63, 3.8) is 0 Å². The summed E-state index contributed by atoms with van der Waals surface area (Å²) in [6.45, 7) is 0. The summed E-state index contributed by atoms with van der Waals surface area (Å²) in [7, 11) is 1.37. The third-order valence-electron chi connectivity index (χ3n) is 2.63. The van der Waals surface area contributed by atoms with Gasteiger partial charge in [-0.05, 0) is 24.1 Å². The molecule has 94 valence electrons. The summed E-state index contributed by atoms with van der Waals surface area (Å²) in [5, 5.41) is 3.00. The molecule has 2 aromatic rings. The maximum atomic E-state index is 11.7. The normalized spacial score (nSPS) is 10.3. The molecule has 5 heteroatoms. The Bertz CT molecular complexity index is 538. The molecule has 0 aliphatic carbocycles. The quantitative estimate of drug-likeness (QED) is 0.678. The van der Waals surface area contributed by atoms with Gasteiger partial charge in [-0.1, -0.05) is 6.07 Å². The first-order valence-electron chi connectivity index (χ1n) is 5.56. The van der Waals surface area contributed by atoms with Gasteiger partial charge in [-0.3, -0.25) is 0 Å². The van der Waals surface area contributed by atoms with E-state index in [0.717, 1.165) is 23.4 Å². The summed E-state index contributed by atoms with van der Waals surface area (Å²) in [5.41, 5.74) is 7.73. The van der Waals surface area contributed by atoms with Gasteiger partial charge in [-0.25, -0.2) is 9.78 Å². The number of anilines is 1. The number of thiazole rings is 1. The lowest BCUT2D eigenvalue weighted by molar-refractivity contribution is 0.0599. The molecule has 0 spiro atoms. The Labute approximate surface area is 109 Å². The molecule has 0 bridgehead atoms. The number of nitrogen functional groups attached to an aromatic ring is 1. The first kappa shape index (κ1) is 12.6. The summed E-state index contributed by atoms with van der Waals surface area (Å²) in [6, 6.07) is 5.32. The number of aryl methyl sites for hydroxylation is 2. The summed E-state index contributed by atoms with van der Waals surface area (Å²) in [5.74, 6) is -0.351. The molecule has 0 radical (unpaired) electrons. The fraction of sp³-hybridized carbons (Fsp3) is 0.231. The molecule has 1 aromatic heterocycles. The van der Waals surface area contributed by atoms with Gasteiger partial charge in [0.05, 0.1) is 17.7 Å². The molecule has 0 atom stereocenters. The van der Waals surface area contributed by atoms with E-state index in [-0.39, 0.29) is 5.97 Å². The van der Waals surface area contributed by atoms with Crippen LogP contribution in [0.5, 0.6) is 0 Å². The Hall–Kier alpha value is -1.88. The fourth-order valence-electron chi connectivity index (χ4n) is 1.73. The molecule has 18 heavy (non-hydrogen) atoms. The smallest absolute Gasteiger partial charge is 0.338 e. The van der Waals surface area contributed by atoms with Crippen LogP contribution in [0.25, 0.3) is 0 Å². The maximum absolute atomic E-state index is 11.7. The topological polar surface area (TPSA) is 65.2 Å². The molecule has 2 rings (SSSR count). The first-order chi connectivity index (χ1) is 8.70. The van der Waals surface area contributed by atoms with E-state index in [2.05, 4.69) is 4.98 Å². The Morgan fingerprint density at radius 3 is 2.94 bits per heavy atom. The number of aromatic nitrogens is 1. The second-order valence-electron chi connectivity index (χ2n) is 3.83. The Kier molecular flexibility index (Phi) is 3.94. The maximum Gasteiger partial charge on any atom is 0.338 e. The highest BCUT2D eigenvalue weighted by molar-refractivity contribution is 7.09. The Morgan fingerprint density at radius 1 is 1.44 bits per heavy atom. The van der Waals surface area contributed by atoms with Crippen molar-refractivity contribution in [1.29, 1.82) is 0 Å². The number of nitrogens with two attached hydrogens (primary N) is 1. The zero-order valence-corrected chi connectivity index (χ0v) is 10.9. The zero-order valence-electron chi connectivity index (χ0n) is 10.1. The molecular weight excluding hydrogens is 248 g/mol. The highest BCUT2D eigenvalue weighted by Gasteiger charge is 2.12. The van der Waals surface area contributed by atoms with E-state index in [0.29, 0.717) is 11.3 Å². The van der Waals surface area contributed by atoms with Crippen LogP contribution in [-0.4, -0.2) is 18.1 Å². The summed E-state index contributed by atoms with van der Waals surface area (Å²) in [4.78, 5) is 15.9. The van der Waals surface area contributed by atoms with Crippen LogP contribution in [0.3, 0.4) is 0 Å². The van der Waals surface area contributed by atoms with Gasteiger partial charge in [0.2, 0.25) is 0 Å². The van der Waals surface area contributed by atoms with E-state index in [4.69, 9.17) is 10.5 Å². The number of carbonyl (C=O) groups is 1. The molecule has 4 nitrogen and oxygen atoms in total. The lowest BCUT2D eigenvalue weighted by atomic mass is 10.0. The van der Waals surface area contributed by atoms with Crippen LogP contribution in [0, 0.1) is 0 Å². The third kappa shape index (κ3) is 2.87. The molecule has 0 saturated carbocycles. The average molecular weight is 262 g/mol. The van der Waals surface area contributed by atoms with E-state index in [9.17, 15) is 4.79 Å². The summed E-state index contributed by atoms with van der Waals surface area (Å²) in [6.07, 6.45) is 3.34. The lowest BCUT2D eigenvalue weighted by Gasteiger charge is -2.08. The van der Waals surface area contributed by atoms with Gasteiger partial charge in [-0.2, -0.15) is 0 Å². The monoisotopic (exact) mass is 262 g/mol. The largest absolute Gasteiger partial charge is 0.465 e. The molecule has 1 heterocycles. The Balaban J connectivity index is 2.18. The number of carbonyl (C=O) groups excluding carboxylic acids is 1. The lowest BCUT2D eigenvalue weighted by Crippen LogP contribution is -2.07. The molecule has 0 saturated heterocycles. The second-order valence-corrected chi connectivity index (χ2v) is 4.81. The van der Waals surface area contributed by atoms with Gasteiger partial charge < -0.3 is 10.5 Å². The van der Waals surface area contributed by atoms with Crippen molar-refractivity contribution in [3.05, 3.63) is 45.9 Å². The van der Waals surface area contributed by atoms with Crippen molar-refractivity contribution in [1.82, 2.24) is 4.98 Å². The molecular formula is C13H14N2O2S. The minimum absolute atomic E-state index is 0.351. The van der Waals surface area contributed by atoms with E-state index < -0.39 is 0 Å². The van der Waals surface area contributed by atoms with Crippen LogP contribution >= 0.6 is 11.3 Å². The van der Waals surface area contributed by atoms with Crippen LogP contribution in [0.4, 0.5) is 5.69 Å². The van der Waals surface area contributed by atoms with Crippen molar-refractivity contribution >= 4 is 23.0 Å². The van der Waals surface area contributed by atoms with E-state index >= 15 is 0 Å². The predicted octanol–water partition coefficient (Wildman–Crippen LogP) is 2.30. The number of rotatable bonds is 4.